The highest BCUT2D eigenvalue weighted by molar-refractivity contribution is 7.98. The summed E-state index contributed by atoms with van der Waals surface area (Å²) in [7, 11) is 1.99. The molecule has 3 heteroatoms. The Balaban J connectivity index is 2.09. The van der Waals surface area contributed by atoms with E-state index in [1.165, 1.54) is 21.4 Å². The molecule has 2 aromatic carbocycles. The molecular weight excluding hydrogens is 276 g/mol. The fraction of sp³-hybridized carbons (Fsp3) is 0.167. The van der Waals surface area contributed by atoms with Gasteiger partial charge in [0, 0.05) is 16.5 Å². The molecule has 106 valence electrons. The Morgan fingerprint density at radius 1 is 1.00 bits per heavy atom. The second kappa shape index (κ2) is 6.29. The van der Waals surface area contributed by atoms with Crippen LogP contribution in [0.2, 0.25) is 0 Å². The van der Waals surface area contributed by atoms with Gasteiger partial charge < -0.3 is 5.32 Å². The van der Waals surface area contributed by atoms with E-state index >= 15 is 0 Å². The Kier molecular flexibility index (Phi) is 4.23. The Hall–Kier alpha value is -1.84. The molecule has 1 heterocycles. The summed E-state index contributed by atoms with van der Waals surface area (Å²) in [4.78, 5) is 5.85. The van der Waals surface area contributed by atoms with Gasteiger partial charge in [-0.15, -0.1) is 11.8 Å². The standard InChI is InChI=1S/C18H18N2S/c1-19-17(14-8-10-15(21-2)11-9-14)16-7-3-5-13-6-4-12-20-18(13)16/h3-12,17,19H,1-2H3. The van der Waals surface area contributed by atoms with Crippen LogP contribution in [0.3, 0.4) is 0 Å². The smallest absolute Gasteiger partial charge is 0.0753 e. The van der Waals surface area contributed by atoms with Crippen LogP contribution >= 0.6 is 11.8 Å². The summed E-state index contributed by atoms with van der Waals surface area (Å²) in [6.45, 7) is 0. The van der Waals surface area contributed by atoms with Gasteiger partial charge in [0.05, 0.1) is 11.6 Å². The number of nitrogens with zero attached hydrogens (tertiary/aromatic N) is 1. The van der Waals surface area contributed by atoms with Gasteiger partial charge in [-0.05, 0) is 42.6 Å². The predicted molar refractivity (Wildman–Crippen MR) is 90.9 cm³/mol. The van der Waals surface area contributed by atoms with Crippen molar-refractivity contribution in [3.63, 3.8) is 0 Å². The maximum Gasteiger partial charge on any atom is 0.0753 e. The molecule has 0 fully saturated rings. The van der Waals surface area contributed by atoms with Gasteiger partial charge in [-0.2, -0.15) is 0 Å². The van der Waals surface area contributed by atoms with Gasteiger partial charge >= 0.3 is 0 Å². The molecule has 0 saturated carbocycles. The van der Waals surface area contributed by atoms with E-state index < -0.39 is 0 Å². The number of thioether (sulfide) groups is 1. The minimum atomic E-state index is 0.152. The third kappa shape index (κ3) is 2.80. The molecule has 1 atom stereocenters. The molecule has 21 heavy (non-hydrogen) atoms. The van der Waals surface area contributed by atoms with Crippen molar-refractivity contribution in [3.05, 3.63) is 71.9 Å². The maximum atomic E-state index is 4.57. The zero-order valence-electron chi connectivity index (χ0n) is 12.2. The first-order valence-corrected chi connectivity index (χ1v) is 8.21. The Bertz CT molecular complexity index is 732. The summed E-state index contributed by atoms with van der Waals surface area (Å²) in [5, 5.41) is 4.59. The van der Waals surface area contributed by atoms with Crippen LogP contribution in [-0.4, -0.2) is 18.3 Å². The zero-order chi connectivity index (χ0) is 14.7. The lowest BCUT2D eigenvalue weighted by molar-refractivity contribution is 0.695. The molecule has 1 N–H and O–H groups in total. The number of fused-ring (bicyclic) bond motifs is 1. The van der Waals surface area contributed by atoms with E-state index in [4.69, 9.17) is 0 Å². The summed E-state index contributed by atoms with van der Waals surface area (Å²) in [5.74, 6) is 0. The van der Waals surface area contributed by atoms with E-state index in [1.807, 2.05) is 19.3 Å². The number of benzene rings is 2. The topological polar surface area (TPSA) is 24.9 Å². The van der Waals surface area contributed by atoms with Crippen LogP contribution in [0, 0.1) is 0 Å². The van der Waals surface area contributed by atoms with E-state index in [2.05, 4.69) is 65.1 Å². The van der Waals surface area contributed by atoms with E-state index in [9.17, 15) is 0 Å². The number of hydrogen-bond donors (Lipinski definition) is 1. The Morgan fingerprint density at radius 2 is 1.76 bits per heavy atom. The van der Waals surface area contributed by atoms with Gasteiger partial charge in [0.2, 0.25) is 0 Å². The summed E-state index contributed by atoms with van der Waals surface area (Å²) < 4.78 is 0. The van der Waals surface area contributed by atoms with Crippen LogP contribution < -0.4 is 5.32 Å². The molecule has 0 aliphatic rings. The second-order valence-electron chi connectivity index (χ2n) is 4.92. The van der Waals surface area contributed by atoms with Crippen molar-refractivity contribution >= 4 is 22.7 Å². The molecule has 0 spiro atoms. The molecule has 1 aromatic heterocycles. The highest BCUT2D eigenvalue weighted by atomic mass is 32.2. The third-order valence-electron chi connectivity index (χ3n) is 3.71. The van der Waals surface area contributed by atoms with E-state index in [-0.39, 0.29) is 6.04 Å². The first kappa shape index (κ1) is 14.1. The molecule has 0 bridgehead atoms. The lowest BCUT2D eigenvalue weighted by Crippen LogP contribution is -2.18. The molecule has 0 aliphatic carbocycles. The van der Waals surface area contributed by atoms with Crippen molar-refractivity contribution in [2.24, 2.45) is 0 Å². The monoisotopic (exact) mass is 294 g/mol. The number of rotatable bonds is 4. The minimum Gasteiger partial charge on any atom is -0.309 e. The maximum absolute atomic E-state index is 4.57. The summed E-state index contributed by atoms with van der Waals surface area (Å²) in [5.41, 5.74) is 3.54. The number of aromatic nitrogens is 1. The quantitative estimate of drug-likeness (QED) is 0.728. The van der Waals surface area contributed by atoms with Crippen LogP contribution in [0.4, 0.5) is 0 Å². The Morgan fingerprint density at radius 3 is 2.48 bits per heavy atom. The van der Waals surface area contributed by atoms with Gasteiger partial charge in [0.15, 0.2) is 0 Å². The first-order valence-electron chi connectivity index (χ1n) is 6.98. The third-order valence-corrected chi connectivity index (χ3v) is 4.46. The highest BCUT2D eigenvalue weighted by Gasteiger charge is 2.15. The van der Waals surface area contributed by atoms with E-state index in [0.717, 1.165) is 5.52 Å². The van der Waals surface area contributed by atoms with Crippen molar-refractivity contribution in [2.75, 3.05) is 13.3 Å². The lowest BCUT2D eigenvalue weighted by Gasteiger charge is -2.19. The van der Waals surface area contributed by atoms with Crippen LogP contribution in [0.25, 0.3) is 10.9 Å². The SMILES string of the molecule is CNC(c1ccc(SC)cc1)c1cccc2cccnc12. The summed E-state index contributed by atoms with van der Waals surface area (Å²) in [6.07, 6.45) is 3.95. The van der Waals surface area contributed by atoms with Crippen molar-refractivity contribution in [2.45, 2.75) is 10.9 Å². The highest BCUT2D eigenvalue weighted by Crippen LogP contribution is 2.28. The molecular formula is C18H18N2S. The first-order chi connectivity index (χ1) is 10.3. The molecule has 0 aliphatic heterocycles. The number of nitrogens with one attached hydrogen (secondary N) is 1. The van der Waals surface area contributed by atoms with Crippen LogP contribution in [0.15, 0.2) is 65.7 Å². The molecule has 0 radical (unpaired) electrons. The fourth-order valence-electron chi connectivity index (χ4n) is 2.66. The molecule has 1 unspecified atom stereocenters. The van der Waals surface area contributed by atoms with Crippen LogP contribution in [0.5, 0.6) is 0 Å². The molecule has 3 aromatic rings. The van der Waals surface area contributed by atoms with Crippen LogP contribution in [0.1, 0.15) is 17.2 Å². The van der Waals surface area contributed by atoms with Crippen LogP contribution in [-0.2, 0) is 0 Å². The van der Waals surface area contributed by atoms with Gasteiger partial charge in [-0.1, -0.05) is 36.4 Å². The van der Waals surface area contributed by atoms with Gasteiger partial charge in [0.25, 0.3) is 0 Å². The largest absolute Gasteiger partial charge is 0.309 e. The number of para-hydroxylation sites is 1. The molecule has 0 saturated heterocycles. The average Bonchev–Trinajstić information content (AvgIpc) is 2.56. The normalized spacial score (nSPS) is 12.5. The summed E-state index contributed by atoms with van der Waals surface area (Å²) in [6, 6.07) is 19.3. The number of pyridine rings is 1. The van der Waals surface area contributed by atoms with Crippen molar-refractivity contribution in [3.8, 4) is 0 Å². The summed E-state index contributed by atoms with van der Waals surface area (Å²) >= 11 is 1.76. The number of hydrogen-bond acceptors (Lipinski definition) is 3. The van der Waals surface area contributed by atoms with Crippen molar-refractivity contribution < 1.29 is 0 Å². The molecule has 3 rings (SSSR count). The lowest BCUT2D eigenvalue weighted by atomic mass is 9.96. The zero-order valence-corrected chi connectivity index (χ0v) is 13.0. The van der Waals surface area contributed by atoms with E-state index in [1.54, 1.807) is 11.8 Å². The van der Waals surface area contributed by atoms with Gasteiger partial charge in [-0.3, -0.25) is 4.98 Å². The fourth-order valence-corrected chi connectivity index (χ4v) is 3.07. The van der Waals surface area contributed by atoms with E-state index in [0.29, 0.717) is 0 Å². The average molecular weight is 294 g/mol. The molecule has 2 nitrogen and oxygen atoms in total. The van der Waals surface area contributed by atoms with Crippen molar-refractivity contribution in [1.82, 2.24) is 10.3 Å². The molecule has 0 amide bonds. The Labute approximate surface area is 129 Å². The minimum absolute atomic E-state index is 0.152. The van der Waals surface area contributed by atoms with Crippen molar-refractivity contribution in [1.29, 1.82) is 0 Å². The van der Waals surface area contributed by atoms with Gasteiger partial charge in [0.1, 0.15) is 0 Å². The van der Waals surface area contributed by atoms with Gasteiger partial charge in [-0.25, -0.2) is 0 Å². The predicted octanol–water partition coefficient (Wildman–Crippen LogP) is 4.27. The second-order valence-corrected chi connectivity index (χ2v) is 5.80.